The summed E-state index contributed by atoms with van der Waals surface area (Å²) in [6.07, 6.45) is 0. The Morgan fingerprint density at radius 3 is 2.42 bits per heavy atom. The zero-order valence-corrected chi connectivity index (χ0v) is 12.8. The Balaban J connectivity index is 2.03. The summed E-state index contributed by atoms with van der Waals surface area (Å²) in [5, 5.41) is 4.26. The maximum Gasteiger partial charge on any atom is 0.173 e. The number of hydrogen-bond acceptors (Lipinski definition) is 2. The van der Waals surface area contributed by atoms with Gasteiger partial charge in [-0.3, -0.25) is 0 Å². The predicted molar refractivity (Wildman–Crippen MR) is 85.8 cm³/mol. The number of piperazine rings is 1. The van der Waals surface area contributed by atoms with Crippen LogP contribution in [0.3, 0.4) is 0 Å². The van der Waals surface area contributed by atoms with Crippen molar-refractivity contribution in [2.45, 2.75) is 19.8 Å². The molecule has 1 aromatic carbocycles. The lowest BCUT2D eigenvalue weighted by Gasteiger charge is -2.34. The van der Waals surface area contributed by atoms with Gasteiger partial charge in [0.05, 0.1) is 0 Å². The van der Waals surface area contributed by atoms with Crippen molar-refractivity contribution in [3.8, 4) is 0 Å². The topological polar surface area (TPSA) is 18.5 Å². The van der Waals surface area contributed by atoms with Crippen LogP contribution < -0.4 is 5.32 Å². The number of nitrogens with zero attached hydrogens (tertiary/aromatic N) is 2. The van der Waals surface area contributed by atoms with Crippen molar-refractivity contribution in [1.29, 1.82) is 0 Å². The van der Waals surface area contributed by atoms with E-state index in [0.717, 1.165) is 37.0 Å². The van der Waals surface area contributed by atoms with Crippen LogP contribution in [-0.4, -0.2) is 48.1 Å². The molecule has 1 heterocycles. The van der Waals surface area contributed by atoms with Crippen molar-refractivity contribution in [3.05, 3.63) is 29.8 Å². The van der Waals surface area contributed by atoms with E-state index < -0.39 is 0 Å². The number of hydrogen-bond donors (Lipinski definition) is 1. The zero-order valence-electron chi connectivity index (χ0n) is 12.0. The molecule has 1 N–H and O–H groups in total. The lowest BCUT2D eigenvalue weighted by atomic mass is 10.0. The van der Waals surface area contributed by atoms with Crippen molar-refractivity contribution in [2.75, 3.05) is 38.5 Å². The molecule has 3 nitrogen and oxygen atoms in total. The van der Waals surface area contributed by atoms with Gasteiger partial charge in [0.25, 0.3) is 0 Å². The number of thiocarbonyl (C=S) groups is 1. The maximum absolute atomic E-state index is 5.54. The van der Waals surface area contributed by atoms with Gasteiger partial charge < -0.3 is 15.1 Å². The Kier molecular flexibility index (Phi) is 4.77. The number of para-hydroxylation sites is 1. The van der Waals surface area contributed by atoms with E-state index in [4.69, 9.17) is 12.2 Å². The second kappa shape index (κ2) is 6.35. The van der Waals surface area contributed by atoms with Crippen molar-refractivity contribution >= 4 is 23.0 Å². The van der Waals surface area contributed by atoms with Crippen molar-refractivity contribution < 1.29 is 0 Å². The summed E-state index contributed by atoms with van der Waals surface area (Å²) in [6.45, 7) is 8.58. The Hall–Kier alpha value is -1.13. The third-order valence-electron chi connectivity index (χ3n) is 3.61. The highest BCUT2D eigenvalue weighted by Crippen LogP contribution is 2.24. The van der Waals surface area contributed by atoms with E-state index in [-0.39, 0.29) is 0 Å². The molecular weight excluding hydrogens is 254 g/mol. The van der Waals surface area contributed by atoms with Gasteiger partial charge in [-0.1, -0.05) is 32.0 Å². The molecule has 0 radical (unpaired) electrons. The summed E-state index contributed by atoms with van der Waals surface area (Å²) in [7, 11) is 2.15. The van der Waals surface area contributed by atoms with Crippen molar-refractivity contribution in [2.24, 2.45) is 0 Å². The van der Waals surface area contributed by atoms with Crippen LogP contribution in [0, 0.1) is 0 Å². The van der Waals surface area contributed by atoms with E-state index in [9.17, 15) is 0 Å². The molecule has 1 fully saturated rings. The third kappa shape index (κ3) is 3.67. The Morgan fingerprint density at radius 2 is 1.79 bits per heavy atom. The smallest absolute Gasteiger partial charge is 0.173 e. The first-order valence-corrected chi connectivity index (χ1v) is 7.32. The van der Waals surface area contributed by atoms with Gasteiger partial charge in [-0.15, -0.1) is 0 Å². The zero-order chi connectivity index (χ0) is 13.8. The number of benzene rings is 1. The van der Waals surface area contributed by atoms with Gasteiger partial charge in [0.15, 0.2) is 5.11 Å². The van der Waals surface area contributed by atoms with E-state index in [2.05, 4.69) is 60.3 Å². The average molecular weight is 277 g/mol. The highest BCUT2D eigenvalue weighted by atomic mass is 32.1. The van der Waals surface area contributed by atoms with Crippen LogP contribution in [0.1, 0.15) is 25.3 Å². The molecule has 0 saturated carbocycles. The number of anilines is 1. The second-order valence-corrected chi connectivity index (χ2v) is 5.85. The predicted octanol–water partition coefficient (Wildman–Crippen LogP) is 2.75. The molecule has 0 amide bonds. The molecule has 0 bridgehead atoms. The van der Waals surface area contributed by atoms with Gasteiger partial charge in [0.1, 0.15) is 0 Å². The summed E-state index contributed by atoms with van der Waals surface area (Å²) < 4.78 is 0. The lowest BCUT2D eigenvalue weighted by Crippen LogP contribution is -2.48. The Bertz CT molecular complexity index is 437. The number of likely N-dealkylation sites (N-methyl/N-ethyl adjacent to an activating group) is 1. The van der Waals surface area contributed by atoms with Crippen molar-refractivity contribution in [3.63, 3.8) is 0 Å². The number of nitrogens with one attached hydrogen (secondary N) is 1. The fraction of sp³-hybridized carbons (Fsp3) is 0.533. The molecule has 0 atom stereocenters. The van der Waals surface area contributed by atoms with Crippen LogP contribution in [0.5, 0.6) is 0 Å². The average Bonchev–Trinajstić information content (AvgIpc) is 2.39. The molecule has 1 saturated heterocycles. The molecule has 1 aliphatic rings. The molecule has 19 heavy (non-hydrogen) atoms. The Labute approximate surface area is 121 Å². The normalized spacial score (nSPS) is 16.7. The van der Waals surface area contributed by atoms with Crippen LogP contribution in [0.25, 0.3) is 0 Å². The van der Waals surface area contributed by atoms with Gasteiger partial charge in [-0.25, -0.2) is 0 Å². The molecular formula is C15H23N3S. The third-order valence-corrected chi connectivity index (χ3v) is 3.98. The fourth-order valence-corrected chi connectivity index (χ4v) is 2.61. The molecule has 1 aromatic rings. The summed E-state index contributed by atoms with van der Waals surface area (Å²) in [5.41, 5.74) is 2.46. The van der Waals surface area contributed by atoms with Crippen LogP contribution in [-0.2, 0) is 0 Å². The van der Waals surface area contributed by atoms with Crippen LogP contribution >= 0.6 is 12.2 Å². The van der Waals surface area contributed by atoms with Gasteiger partial charge in [0, 0.05) is 31.9 Å². The van der Waals surface area contributed by atoms with Gasteiger partial charge in [-0.05, 0) is 36.8 Å². The summed E-state index contributed by atoms with van der Waals surface area (Å²) in [6, 6.07) is 8.41. The van der Waals surface area contributed by atoms with Gasteiger partial charge in [0.2, 0.25) is 0 Å². The van der Waals surface area contributed by atoms with E-state index >= 15 is 0 Å². The first-order valence-electron chi connectivity index (χ1n) is 6.91. The molecule has 2 rings (SSSR count). The van der Waals surface area contributed by atoms with Crippen molar-refractivity contribution in [1.82, 2.24) is 9.80 Å². The quantitative estimate of drug-likeness (QED) is 0.838. The van der Waals surface area contributed by atoms with Crippen LogP contribution in [0.15, 0.2) is 24.3 Å². The van der Waals surface area contributed by atoms with E-state index in [0.29, 0.717) is 5.92 Å². The minimum absolute atomic E-state index is 0.499. The summed E-state index contributed by atoms with van der Waals surface area (Å²) >= 11 is 5.54. The monoisotopic (exact) mass is 277 g/mol. The summed E-state index contributed by atoms with van der Waals surface area (Å²) in [4.78, 5) is 4.59. The lowest BCUT2D eigenvalue weighted by molar-refractivity contribution is 0.217. The first-order chi connectivity index (χ1) is 9.08. The van der Waals surface area contributed by atoms with Crippen LogP contribution in [0.2, 0.25) is 0 Å². The van der Waals surface area contributed by atoms with E-state index in [1.165, 1.54) is 5.56 Å². The molecule has 0 spiro atoms. The molecule has 104 valence electrons. The second-order valence-electron chi connectivity index (χ2n) is 5.46. The van der Waals surface area contributed by atoms with E-state index in [1.807, 2.05) is 0 Å². The fourth-order valence-electron chi connectivity index (χ4n) is 2.32. The molecule has 4 heteroatoms. The first kappa shape index (κ1) is 14.3. The Morgan fingerprint density at radius 1 is 1.16 bits per heavy atom. The largest absolute Gasteiger partial charge is 0.346 e. The van der Waals surface area contributed by atoms with Crippen LogP contribution in [0.4, 0.5) is 5.69 Å². The van der Waals surface area contributed by atoms with Gasteiger partial charge in [-0.2, -0.15) is 0 Å². The maximum atomic E-state index is 5.54. The minimum Gasteiger partial charge on any atom is -0.346 e. The molecule has 0 aliphatic carbocycles. The molecule has 0 unspecified atom stereocenters. The number of rotatable bonds is 2. The standard InChI is InChI=1S/C15H23N3S/c1-12(2)13-6-4-5-7-14(13)16-15(19)18-10-8-17(3)9-11-18/h4-7,12H,8-11H2,1-3H3,(H,16,19). The highest BCUT2D eigenvalue weighted by molar-refractivity contribution is 7.80. The minimum atomic E-state index is 0.499. The van der Waals surface area contributed by atoms with Gasteiger partial charge >= 0.3 is 0 Å². The molecule has 0 aromatic heterocycles. The van der Waals surface area contributed by atoms with E-state index in [1.54, 1.807) is 0 Å². The highest BCUT2D eigenvalue weighted by Gasteiger charge is 2.17. The SMILES string of the molecule is CC(C)c1ccccc1NC(=S)N1CCN(C)CC1. The molecule has 1 aliphatic heterocycles. The summed E-state index contributed by atoms with van der Waals surface area (Å²) in [5.74, 6) is 0.499.